The SMILES string of the molecule is C=C1CC=CC=C(C2CCC(CC(=O)CC3=CCC=C(c4cccc(C)c4)C=C3)CC2)/C1=N/SC.[HH]. The van der Waals surface area contributed by atoms with Crippen molar-refractivity contribution in [3.8, 4) is 0 Å². The first-order valence-electron chi connectivity index (χ1n) is 12.9. The van der Waals surface area contributed by atoms with Crippen molar-refractivity contribution in [1.29, 1.82) is 0 Å². The van der Waals surface area contributed by atoms with Gasteiger partial charge in [-0.3, -0.25) is 4.79 Å². The van der Waals surface area contributed by atoms with E-state index < -0.39 is 0 Å². The Hall–Kier alpha value is -2.65. The topological polar surface area (TPSA) is 29.4 Å². The Bertz CT molecular complexity index is 1140. The highest BCUT2D eigenvalue weighted by atomic mass is 32.2. The Morgan fingerprint density at radius 2 is 2.00 bits per heavy atom. The fraction of sp³-hybridized carbons (Fsp3) is 0.375. The van der Waals surface area contributed by atoms with Gasteiger partial charge in [-0.25, -0.2) is 4.40 Å². The summed E-state index contributed by atoms with van der Waals surface area (Å²) in [5.74, 6) is 1.39. The zero-order chi connectivity index (χ0) is 24.6. The van der Waals surface area contributed by atoms with E-state index in [9.17, 15) is 4.79 Å². The minimum absolute atomic E-state index is 0. The Kier molecular flexibility index (Phi) is 8.98. The molecule has 0 radical (unpaired) electrons. The van der Waals surface area contributed by atoms with E-state index in [-0.39, 0.29) is 1.43 Å². The molecule has 0 spiro atoms. The number of nitrogens with zero attached hydrogens (tertiary/aromatic N) is 1. The van der Waals surface area contributed by atoms with E-state index >= 15 is 0 Å². The molecule has 0 amide bonds. The molecule has 0 saturated heterocycles. The van der Waals surface area contributed by atoms with E-state index in [0.29, 0.717) is 30.5 Å². The van der Waals surface area contributed by atoms with Gasteiger partial charge in [-0.2, -0.15) is 0 Å². The number of hydrogen-bond acceptors (Lipinski definition) is 3. The average molecular weight is 486 g/mol. The van der Waals surface area contributed by atoms with Crippen LogP contribution in [-0.2, 0) is 4.79 Å². The van der Waals surface area contributed by atoms with Crippen LogP contribution in [0, 0.1) is 18.8 Å². The predicted molar refractivity (Wildman–Crippen MR) is 155 cm³/mol. The Morgan fingerprint density at radius 3 is 2.77 bits per heavy atom. The second kappa shape index (κ2) is 12.4. The molecule has 1 aromatic rings. The first kappa shape index (κ1) is 25.4. The summed E-state index contributed by atoms with van der Waals surface area (Å²) >= 11 is 1.51. The monoisotopic (exact) mass is 485 g/mol. The fourth-order valence-corrected chi connectivity index (χ4v) is 5.86. The Labute approximate surface area is 217 Å². The fourth-order valence-electron chi connectivity index (χ4n) is 5.44. The van der Waals surface area contributed by atoms with Crippen molar-refractivity contribution >= 4 is 29.0 Å². The van der Waals surface area contributed by atoms with Gasteiger partial charge in [0, 0.05) is 20.5 Å². The molecule has 4 rings (SSSR count). The predicted octanol–water partition coefficient (Wildman–Crippen LogP) is 8.83. The summed E-state index contributed by atoms with van der Waals surface area (Å²) < 4.78 is 4.70. The lowest BCUT2D eigenvalue weighted by molar-refractivity contribution is -0.119. The van der Waals surface area contributed by atoms with Crippen LogP contribution in [0.4, 0.5) is 0 Å². The lowest BCUT2D eigenvalue weighted by Crippen LogP contribution is -2.22. The largest absolute Gasteiger partial charge is 0.299 e. The van der Waals surface area contributed by atoms with Gasteiger partial charge in [-0.15, -0.1) is 0 Å². The van der Waals surface area contributed by atoms with E-state index in [1.165, 1.54) is 34.2 Å². The van der Waals surface area contributed by atoms with Crippen LogP contribution in [-0.4, -0.2) is 17.8 Å². The van der Waals surface area contributed by atoms with Crippen molar-refractivity contribution < 1.29 is 6.22 Å². The molecule has 0 bridgehead atoms. The van der Waals surface area contributed by atoms with Crippen molar-refractivity contribution in [2.75, 3.05) is 6.26 Å². The van der Waals surface area contributed by atoms with Crippen molar-refractivity contribution in [3.05, 3.63) is 101 Å². The molecule has 1 aromatic carbocycles. The maximum absolute atomic E-state index is 13.0. The molecule has 0 aromatic heterocycles. The molecule has 35 heavy (non-hydrogen) atoms. The molecule has 1 fully saturated rings. The van der Waals surface area contributed by atoms with Crippen molar-refractivity contribution in [2.24, 2.45) is 16.2 Å². The van der Waals surface area contributed by atoms with Crippen LogP contribution in [0.1, 0.15) is 63.9 Å². The summed E-state index contributed by atoms with van der Waals surface area (Å²) in [5.41, 5.74) is 8.44. The molecule has 0 atom stereocenters. The molecule has 2 nitrogen and oxygen atoms in total. The minimum atomic E-state index is 0. The van der Waals surface area contributed by atoms with E-state index in [2.05, 4.69) is 80.3 Å². The number of Topliss-reactive ketones (excluding diaryl/α,β-unsaturated/α-hetero) is 1. The molecule has 3 heteroatoms. The van der Waals surface area contributed by atoms with Crippen molar-refractivity contribution in [2.45, 2.75) is 58.3 Å². The minimum Gasteiger partial charge on any atom is -0.299 e. The van der Waals surface area contributed by atoms with Crippen LogP contribution < -0.4 is 0 Å². The Morgan fingerprint density at radius 1 is 1.17 bits per heavy atom. The van der Waals surface area contributed by atoms with Gasteiger partial charge < -0.3 is 0 Å². The summed E-state index contributed by atoms with van der Waals surface area (Å²) in [4.78, 5) is 13.0. The zero-order valence-corrected chi connectivity index (χ0v) is 21.9. The number of allylic oxidation sites excluding steroid dienone is 11. The number of benzene rings is 1. The van der Waals surface area contributed by atoms with Crippen LogP contribution in [0.3, 0.4) is 0 Å². The second-order valence-electron chi connectivity index (χ2n) is 9.99. The summed E-state index contributed by atoms with van der Waals surface area (Å²) in [6.45, 7) is 6.39. The van der Waals surface area contributed by atoms with Gasteiger partial charge in [0.05, 0.1) is 5.71 Å². The van der Waals surface area contributed by atoms with E-state index in [0.717, 1.165) is 55.4 Å². The number of hydrogen-bond donors (Lipinski definition) is 0. The standard InChI is InChI=1S/C32H37NOS.H2/c1-23-8-6-12-29(20-23)27-11-7-10-25(14-17-27)21-30(34)22-26-15-18-28(19-16-26)31-13-5-4-9-24(2)32(31)33-35-3;/h4-6,8,10-14,17,20,26,28H,2,7,9,15-16,18-19,21-22H2,1,3H3;1H/b33-32+;. The molecular formula is C32H39NOS. The highest BCUT2D eigenvalue weighted by Gasteiger charge is 2.28. The molecule has 184 valence electrons. The first-order valence-corrected chi connectivity index (χ1v) is 14.0. The highest BCUT2D eigenvalue weighted by molar-refractivity contribution is 7.97. The van der Waals surface area contributed by atoms with Crippen molar-refractivity contribution in [1.82, 2.24) is 0 Å². The zero-order valence-electron chi connectivity index (χ0n) is 21.1. The van der Waals surface area contributed by atoms with Gasteiger partial charge in [-0.1, -0.05) is 78.9 Å². The molecule has 0 heterocycles. The highest BCUT2D eigenvalue weighted by Crippen LogP contribution is 2.38. The van der Waals surface area contributed by atoms with Crippen LogP contribution in [0.2, 0.25) is 0 Å². The number of carbonyl (C=O) groups is 1. The van der Waals surface area contributed by atoms with Crippen LogP contribution >= 0.6 is 11.9 Å². The molecular weight excluding hydrogens is 446 g/mol. The third-order valence-corrected chi connectivity index (χ3v) is 7.68. The number of carbonyl (C=O) groups excluding carboxylic acids is 1. The normalized spacial score (nSPS) is 23.9. The number of aryl methyl sites for hydroxylation is 1. The summed E-state index contributed by atoms with van der Waals surface area (Å²) in [5, 5.41) is 0. The summed E-state index contributed by atoms with van der Waals surface area (Å²) in [7, 11) is 0. The quantitative estimate of drug-likeness (QED) is 0.361. The van der Waals surface area contributed by atoms with Gasteiger partial charge in [-0.05, 0) is 97.1 Å². The molecule has 0 unspecified atom stereocenters. The van der Waals surface area contributed by atoms with Gasteiger partial charge in [0.2, 0.25) is 0 Å². The first-order chi connectivity index (χ1) is 17.0. The van der Waals surface area contributed by atoms with Crippen LogP contribution in [0.15, 0.2) is 94.5 Å². The third kappa shape index (κ3) is 6.95. The lowest BCUT2D eigenvalue weighted by atomic mass is 9.75. The molecule has 3 aliphatic rings. The van der Waals surface area contributed by atoms with Crippen LogP contribution in [0.25, 0.3) is 5.57 Å². The van der Waals surface area contributed by atoms with Gasteiger partial charge >= 0.3 is 0 Å². The third-order valence-electron chi connectivity index (χ3n) is 7.32. The van der Waals surface area contributed by atoms with E-state index in [1.807, 2.05) is 6.26 Å². The van der Waals surface area contributed by atoms with Crippen LogP contribution in [0.5, 0.6) is 0 Å². The lowest BCUT2D eigenvalue weighted by Gasteiger charge is -2.30. The second-order valence-corrected chi connectivity index (χ2v) is 10.5. The van der Waals surface area contributed by atoms with E-state index in [1.54, 1.807) is 0 Å². The maximum Gasteiger partial charge on any atom is 0.137 e. The number of ketones is 1. The number of rotatable bonds is 7. The van der Waals surface area contributed by atoms with Crippen molar-refractivity contribution in [3.63, 3.8) is 0 Å². The summed E-state index contributed by atoms with van der Waals surface area (Å²) in [6, 6.07) is 8.60. The van der Waals surface area contributed by atoms with Gasteiger partial charge in [0.25, 0.3) is 0 Å². The van der Waals surface area contributed by atoms with Gasteiger partial charge in [0.1, 0.15) is 5.78 Å². The summed E-state index contributed by atoms with van der Waals surface area (Å²) in [6.07, 6.45) is 24.8. The smallest absolute Gasteiger partial charge is 0.137 e. The molecule has 0 aliphatic heterocycles. The molecule has 1 saturated carbocycles. The Balaban J connectivity index is 0.00000361. The molecule has 0 N–H and O–H groups in total. The van der Waals surface area contributed by atoms with Gasteiger partial charge in [0.15, 0.2) is 0 Å². The maximum atomic E-state index is 13.0. The van der Waals surface area contributed by atoms with E-state index in [4.69, 9.17) is 4.40 Å². The molecule has 3 aliphatic carbocycles. The average Bonchev–Trinajstić information content (AvgIpc) is 3.19.